The standard InChI is InChI=1S/C13H20N2O3/c1-17-8-3-2-7-15-13(16)10-18-12-6-4-5-11(14)9-12/h4-6,9H,2-3,7-8,10,14H2,1H3,(H,15,16). The molecule has 100 valence electrons. The summed E-state index contributed by atoms with van der Waals surface area (Å²) in [4.78, 5) is 11.4. The van der Waals surface area contributed by atoms with E-state index >= 15 is 0 Å². The number of unbranched alkanes of at least 4 members (excludes halogenated alkanes) is 1. The van der Waals surface area contributed by atoms with Gasteiger partial charge in [0.15, 0.2) is 6.61 Å². The van der Waals surface area contributed by atoms with Gasteiger partial charge in [0.2, 0.25) is 0 Å². The van der Waals surface area contributed by atoms with Crippen molar-refractivity contribution in [2.45, 2.75) is 12.8 Å². The van der Waals surface area contributed by atoms with E-state index < -0.39 is 0 Å². The Hall–Kier alpha value is -1.75. The van der Waals surface area contributed by atoms with Crippen molar-refractivity contribution in [1.82, 2.24) is 5.32 Å². The second kappa shape index (κ2) is 8.36. The number of ether oxygens (including phenoxy) is 2. The zero-order valence-electron chi connectivity index (χ0n) is 10.6. The van der Waals surface area contributed by atoms with Gasteiger partial charge in [-0.05, 0) is 25.0 Å². The largest absolute Gasteiger partial charge is 0.484 e. The predicted molar refractivity (Wildman–Crippen MR) is 70.5 cm³/mol. The molecular weight excluding hydrogens is 232 g/mol. The van der Waals surface area contributed by atoms with Gasteiger partial charge >= 0.3 is 0 Å². The molecular formula is C13H20N2O3. The Morgan fingerprint density at radius 2 is 2.22 bits per heavy atom. The summed E-state index contributed by atoms with van der Waals surface area (Å²) in [7, 11) is 1.66. The monoisotopic (exact) mass is 252 g/mol. The summed E-state index contributed by atoms with van der Waals surface area (Å²) in [6.07, 6.45) is 1.84. The lowest BCUT2D eigenvalue weighted by molar-refractivity contribution is -0.123. The van der Waals surface area contributed by atoms with Gasteiger partial charge in [-0.1, -0.05) is 6.07 Å². The number of carbonyl (C=O) groups excluding carboxylic acids is 1. The highest BCUT2D eigenvalue weighted by atomic mass is 16.5. The third kappa shape index (κ3) is 6.10. The average molecular weight is 252 g/mol. The first kappa shape index (κ1) is 14.3. The Labute approximate surface area is 107 Å². The van der Waals surface area contributed by atoms with Crippen LogP contribution in [0.3, 0.4) is 0 Å². The van der Waals surface area contributed by atoms with Gasteiger partial charge in [0.05, 0.1) is 0 Å². The van der Waals surface area contributed by atoms with Crippen molar-refractivity contribution in [2.24, 2.45) is 0 Å². The summed E-state index contributed by atoms with van der Waals surface area (Å²) in [6.45, 7) is 1.37. The number of nitrogens with one attached hydrogen (secondary N) is 1. The number of carbonyl (C=O) groups is 1. The van der Waals surface area contributed by atoms with E-state index in [1.54, 1.807) is 31.4 Å². The Morgan fingerprint density at radius 3 is 2.94 bits per heavy atom. The smallest absolute Gasteiger partial charge is 0.257 e. The molecule has 5 nitrogen and oxygen atoms in total. The number of rotatable bonds is 8. The summed E-state index contributed by atoms with van der Waals surface area (Å²) >= 11 is 0. The van der Waals surface area contributed by atoms with Gasteiger partial charge in [-0.2, -0.15) is 0 Å². The third-order valence-corrected chi connectivity index (χ3v) is 2.33. The van der Waals surface area contributed by atoms with E-state index in [4.69, 9.17) is 15.2 Å². The molecule has 0 aromatic heterocycles. The maximum Gasteiger partial charge on any atom is 0.257 e. The molecule has 0 aliphatic rings. The Kier molecular flexibility index (Phi) is 6.64. The Balaban J connectivity index is 2.13. The summed E-state index contributed by atoms with van der Waals surface area (Å²) in [5.74, 6) is 0.472. The maximum atomic E-state index is 11.4. The second-order valence-electron chi connectivity index (χ2n) is 3.91. The highest BCUT2D eigenvalue weighted by Gasteiger charge is 2.02. The molecule has 0 aliphatic carbocycles. The Morgan fingerprint density at radius 1 is 1.39 bits per heavy atom. The van der Waals surface area contributed by atoms with E-state index in [1.807, 2.05) is 0 Å². The van der Waals surface area contributed by atoms with Crippen molar-refractivity contribution in [3.05, 3.63) is 24.3 Å². The number of benzene rings is 1. The van der Waals surface area contributed by atoms with Crippen LogP contribution < -0.4 is 15.8 Å². The van der Waals surface area contributed by atoms with Gasteiger partial charge in [0.25, 0.3) is 5.91 Å². The van der Waals surface area contributed by atoms with Crippen LogP contribution in [0.15, 0.2) is 24.3 Å². The number of nitrogen functional groups attached to an aromatic ring is 1. The lowest BCUT2D eigenvalue weighted by Crippen LogP contribution is -2.29. The SMILES string of the molecule is COCCCCNC(=O)COc1cccc(N)c1. The molecule has 1 aromatic rings. The summed E-state index contributed by atoms with van der Waals surface area (Å²) < 4.78 is 10.2. The van der Waals surface area contributed by atoms with Crippen LogP contribution in [-0.4, -0.2) is 32.8 Å². The third-order valence-electron chi connectivity index (χ3n) is 2.33. The molecule has 0 spiro atoms. The van der Waals surface area contributed by atoms with Crippen molar-refractivity contribution in [1.29, 1.82) is 0 Å². The lowest BCUT2D eigenvalue weighted by atomic mass is 10.3. The topological polar surface area (TPSA) is 73.6 Å². The molecule has 1 rings (SSSR count). The number of hydrogen-bond acceptors (Lipinski definition) is 4. The zero-order valence-corrected chi connectivity index (χ0v) is 10.6. The highest BCUT2D eigenvalue weighted by Crippen LogP contribution is 2.13. The predicted octanol–water partition coefficient (Wildman–Crippen LogP) is 1.19. The fourth-order valence-corrected chi connectivity index (χ4v) is 1.40. The summed E-state index contributed by atoms with van der Waals surface area (Å²) in [6, 6.07) is 7.00. The van der Waals surface area contributed by atoms with Crippen LogP contribution in [0.5, 0.6) is 5.75 Å². The fraction of sp³-hybridized carbons (Fsp3) is 0.462. The van der Waals surface area contributed by atoms with Crippen molar-refractivity contribution < 1.29 is 14.3 Å². The van der Waals surface area contributed by atoms with Crippen molar-refractivity contribution in [3.8, 4) is 5.75 Å². The van der Waals surface area contributed by atoms with Crippen LogP contribution in [0, 0.1) is 0 Å². The van der Waals surface area contributed by atoms with Crippen molar-refractivity contribution in [3.63, 3.8) is 0 Å². The quantitative estimate of drug-likeness (QED) is 0.538. The van der Waals surface area contributed by atoms with E-state index in [9.17, 15) is 4.79 Å². The minimum Gasteiger partial charge on any atom is -0.484 e. The van der Waals surface area contributed by atoms with Crippen molar-refractivity contribution in [2.75, 3.05) is 32.6 Å². The molecule has 0 radical (unpaired) electrons. The van der Waals surface area contributed by atoms with E-state index in [0.717, 1.165) is 19.4 Å². The maximum absolute atomic E-state index is 11.4. The molecule has 0 unspecified atom stereocenters. The molecule has 0 saturated carbocycles. The first-order valence-corrected chi connectivity index (χ1v) is 5.96. The minimum atomic E-state index is -0.130. The molecule has 0 aliphatic heterocycles. The molecule has 3 N–H and O–H groups in total. The van der Waals surface area contributed by atoms with E-state index in [-0.39, 0.29) is 12.5 Å². The van der Waals surface area contributed by atoms with Crippen LogP contribution in [0.2, 0.25) is 0 Å². The van der Waals surface area contributed by atoms with Crippen LogP contribution >= 0.6 is 0 Å². The number of nitrogens with two attached hydrogens (primary N) is 1. The lowest BCUT2D eigenvalue weighted by Gasteiger charge is -2.07. The van der Waals surface area contributed by atoms with Crippen molar-refractivity contribution >= 4 is 11.6 Å². The first-order valence-electron chi connectivity index (χ1n) is 5.96. The molecule has 5 heteroatoms. The number of hydrogen-bond donors (Lipinski definition) is 2. The van der Waals surface area contributed by atoms with Crippen LogP contribution in [-0.2, 0) is 9.53 Å². The van der Waals surface area contributed by atoms with E-state index in [1.165, 1.54) is 0 Å². The number of amides is 1. The second-order valence-corrected chi connectivity index (χ2v) is 3.91. The minimum absolute atomic E-state index is 0.00767. The van der Waals surface area contributed by atoms with Gasteiger partial charge in [0.1, 0.15) is 5.75 Å². The number of anilines is 1. The summed E-state index contributed by atoms with van der Waals surface area (Å²) in [5, 5.41) is 2.78. The molecule has 18 heavy (non-hydrogen) atoms. The van der Waals surface area contributed by atoms with Crippen LogP contribution in [0.25, 0.3) is 0 Å². The number of methoxy groups -OCH3 is 1. The average Bonchev–Trinajstić information content (AvgIpc) is 2.36. The van der Waals surface area contributed by atoms with Gasteiger partial charge < -0.3 is 20.5 Å². The molecule has 0 fully saturated rings. The Bertz CT molecular complexity index is 369. The van der Waals surface area contributed by atoms with E-state index in [2.05, 4.69) is 5.32 Å². The highest BCUT2D eigenvalue weighted by molar-refractivity contribution is 5.77. The van der Waals surface area contributed by atoms with E-state index in [0.29, 0.717) is 18.0 Å². The van der Waals surface area contributed by atoms with Crippen LogP contribution in [0.4, 0.5) is 5.69 Å². The molecule has 1 amide bonds. The van der Waals surface area contributed by atoms with Gasteiger partial charge in [-0.15, -0.1) is 0 Å². The summed E-state index contributed by atoms with van der Waals surface area (Å²) in [5.41, 5.74) is 6.22. The first-order chi connectivity index (χ1) is 8.72. The normalized spacial score (nSPS) is 10.1. The van der Waals surface area contributed by atoms with Crippen LogP contribution in [0.1, 0.15) is 12.8 Å². The fourth-order valence-electron chi connectivity index (χ4n) is 1.40. The molecule has 0 saturated heterocycles. The van der Waals surface area contributed by atoms with Gasteiger partial charge in [-0.3, -0.25) is 4.79 Å². The van der Waals surface area contributed by atoms with Gasteiger partial charge in [-0.25, -0.2) is 0 Å². The molecule has 1 aromatic carbocycles. The van der Waals surface area contributed by atoms with Gasteiger partial charge in [0, 0.05) is 32.0 Å². The molecule has 0 atom stereocenters. The molecule has 0 heterocycles. The zero-order chi connectivity index (χ0) is 13.2. The molecule has 0 bridgehead atoms.